The van der Waals surface area contributed by atoms with Crippen LogP contribution in [0.1, 0.15) is 6.92 Å². The number of carbonyl (C=O) groups excluding carboxylic acids is 1. The molecule has 0 N–H and O–H groups in total. The van der Waals surface area contributed by atoms with E-state index in [-0.39, 0.29) is 12.3 Å². The number of nitrogens with zero attached hydrogens (tertiary/aromatic N) is 1. The van der Waals surface area contributed by atoms with Crippen molar-refractivity contribution in [2.45, 2.75) is 6.92 Å². The van der Waals surface area contributed by atoms with Crippen LogP contribution in [0.2, 0.25) is 0 Å². The predicted molar refractivity (Wildman–Crippen MR) is 21.3 cm³/mol. The van der Waals surface area contributed by atoms with Gasteiger partial charge in [0.25, 0.3) is 0 Å². The fraction of sp³-hybridized carbons (Fsp3) is 0.667. The minimum absolute atomic E-state index is 0.190. The molecule has 0 rings (SSSR count). The second-order valence-corrected chi connectivity index (χ2v) is 0.989. The van der Waals surface area contributed by atoms with E-state index < -0.39 is 0 Å². The Balaban J connectivity index is 3.05. The molecule has 0 saturated heterocycles. The van der Waals surface area contributed by atoms with E-state index in [0.717, 1.165) is 0 Å². The first-order valence-corrected chi connectivity index (χ1v) is 1.56. The SMILES string of the molecule is CC(=O)CN=O. The fourth-order valence-electron chi connectivity index (χ4n) is 0.0909. The molecule has 6 heavy (non-hydrogen) atoms. The normalized spacial score (nSPS) is 7.50. The van der Waals surface area contributed by atoms with Crippen molar-refractivity contribution in [3.63, 3.8) is 0 Å². The van der Waals surface area contributed by atoms with Gasteiger partial charge in [-0.05, 0) is 6.92 Å². The zero-order valence-electron chi connectivity index (χ0n) is 3.47. The molecule has 0 aliphatic carbocycles. The fourth-order valence-corrected chi connectivity index (χ4v) is 0.0909. The molecule has 0 aromatic rings. The van der Waals surface area contributed by atoms with E-state index in [0.29, 0.717) is 0 Å². The van der Waals surface area contributed by atoms with Crippen LogP contribution in [-0.4, -0.2) is 12.3 Å². The van der Waals surface area contributed by atoms with Crippen LogP contribution in [-0.2, 0) is 4.79 Å². The van der Waals surface area contributed by atoms with Crippen LogP contribution in [0.4, 0.5) is 0 Å². The molecule has 0 aliphatic rings. The van der Waals surface area contributed by atoms with E-state index in [1.54, 1.807) is 0 Å². The molecule has 0 aromatic carbocycles. The summed E-state index contributed by atoms with van der Waals surface area (Å²) < 4.78 is 0. The third kappa shape index (κ3) is 3.27. The number of hydrogen-bond donors (Lipinski definition) is 0. The molecule has 34 valence electrons. The van der Waals surface area contributed by atoms with Crippen molar-refractivity contribution in [1.29, 1.82) is 0 Å². The Kier molecular flexibility index (Phi) is 2.20. The number of nitroso groups, excluding NO2 is 1. The number of ketones is 1. The van der Waals surface area contributed by atoms with Gasteiger partial charge in [-0.25, -0.2) is 0 Å². The molecular formula is C3H5NO2. The Morgan fingerprint density at radius 3 is 2.33 bits per heavy atom. The van der Waals surface area contributed by atoms with E-state index in [9.17, 15) is 4.79 Å². The summed E-state index contributed by atoms with van der Waals surface area (Å²) in [6, 6.07) is 0. The lowest BCUT2D eigenvalue weighted by Gasteiger charge is -1.71. The largest absolute Gasteiger partial charge is 0.298 e. The molecule has 0 spiro atoms. The topological polar surface area (TPSA) is 46.5 Å². The number of rotatable bonds is 2. The highest BCUT2D eigenvalue weighted by Gasteiger charge is 1.84. The standard InChI is InChI=1S/C3H5NO2/c1-3(5)2-4-6/h2H2,1H3. The van der Waals surface area contributed by atoms with Gasteiger partial charge in [-0.3, -0.25) is 4.79 Å². The van der Waals surface area contributed by atoms with Crippen LogP contribution in [0.25, 0.3) is 0 Å². The summed E-state index contributed by atoms with van der Waals surface area (Å²) in [5.41, 5.74) is 0. The maximum atomic E-state index is 9.75. The van der Waals surface area contributed by atoms with Crippen molar-refractivity contribution < 1.29 is 4.79 Å². The zero-order valence-corrected chi connectivity index (χ0v) is 3.47. The van der Waals surface area contributed by atoms with Gasteiger partial charge in [-0.15, -0.1) is 0 Å². The summed E-state index contributed by atoms with van der Waals surface area (Å²) in [5.74, 6) is -0.190. The molecular weight excluding hydrogens is 82.0 g/mol. The molecule has 0 heterocycles. The van der Waals surface area contributed by atoms with Gasteiger partial charge in [0.2, 0.25) is 0 Å². The van der Waals surface area contributed by atoms with Gasteiger partial charge in [0.15, 0.2) is 5.78 Å². The Labute approximate surface area is 35.3 Å². The smallest absolute Gasteiger partial charge is 0.154 e. The number of carbonyl (C=O) groups is 1. The van der Waals surface area contributed by atoms with Crippen molar-refractivity contribution in [3.8, 4) is 0 Å². The summed E-state index contributed by atoms with van der Waals surface area (Å²) >= 11 is 0. The highest BCUT2D eigenvalue weighted by atomic mass is 16.3. The minimum Gasteiger partial charge on any atom is -0.298 e. The van der Waals surface area contributed by atoms with Crippen LogP contribution in [0.3, 0.4) is 0 Å². The monoisotopic (exact) mass is 87.0 g/mol. The second-order valence-electron chi connectivity index (χ2n) is 0.989. The summed E-state index contributed by atoms with van der Waals surface area (Å²) in [7, 11) is 0. The Morgan fingerprint density at radius 1 is 1.83 bits per heavy atom. The van der Waals surface area contributed by atoms with Gasteiger partial charge in [-0.2, -0.15) is 4.91 Å². The maximum absolute atomic E-state index is 9.75. The van der Waals surface area contributed by atoms with Gasteiger partial charge < -0.3 is 0 Å². The molecule has 0 amide bonds. The van der Waals surface area contributed by atoms with Crippen molar-refractivity contribution >= 4 is 5.78 Å². The first-order chi connectivity index (χ1) is 2.77. The quantitative estimate of drug-likeness (QED) is 0.456. The van der Waals surface area contributed by atoms with Crippen molar-refractivity contribution in [2.75, 3.05) is 6.54 Å². The lowest BCUT2D eigenvalue weighted by atomic mass is 10.5. The van der Waals surface area contributed by atoms with E-state index in [2.05, 4.69) is 5.18 Å². The van der Waals surface area contributed by atoms with Gasteiger partial charge in [0.05, 0.1) is 0 Å². The lowest BCUT2D eigenvalue weighted by molar-refractivity contribution is -0.115. The highest BCUT2D eigenvalue weighted by molar-refractivity contribution is 5.77. The molecule has 0 unspecified atom stereocenters. The Hall–Kier alpha value is -0.730. The highest BCUT2D eigenvalue weighted by Crippen LogP contribution is 1.66. The Morgan fingerprint density at radius 2 is 2.33 bits per heavy atom. The van der Waals surface area contributed by atoms with Gasteiger partial charge in [0, 0.05) is 0 Å². The number of hydrogen-bond acceptors (Lipinski definition) is 3. The van der Waals surface area contributed by atoms with Gasteiger partial charge in [-0.1, -0.05) is 5.18 Å². The van der Waals surface area contributed by atoms with Crippen molar-refractivity contribution in [3.05, 3.63) is 4.91 Å². The summed E-state index contributed by atoms with van der Waals surface area (Å²) in [5, 5.41) is 2.34. The summed E-state index contributed by atoms with van der Waals surface area (Å²) in [6.45, 7) is 1.13. The van der Waals surface area contributed by atoms with Crippen LogP contribution < -0.4 is 0 Å². The average Bonchev–Trinajstić information content (AvgIpc) is 1.35. The molecule has 0 aromatic heterocycles. The van der Waals surface area contributed by atoms with E-state index in [1.807, 2.05) is 0 Å². The van der Waals surface area contributed by atoms with Crippen LogP contribution in [0.15, 0.2) is 5.18 Å². The zero-order chi connectivity index (χ0) is 4.99. The van der Waals surface area contributed by atoms with Crippen molar-refractivity contribution in [1.82, 2.24) is 0 Å². The first-order valence-electron chi connectivity index (χ1n) is 1.56. The Bertz CT molecular complexity index is 69.2. The molecule has 0 fully saturated rings. The second kappa shape index (κ2) is 2.50. The lowest BCUT2D eigenvalue weighted by Crippen LogP contribution is -1.91. The molecule has 0 saturated carbocycles. The molecule has 0 atom stereocenters. The molecule has 0 bridgehead atoms. The van der Waals surface area contributed by atoms with Gasteiger partial charge >= 0.3 is 0 Å². The van der Waals surface area contributed by atoms with E-state index >= 15 is 0 Å². The maximum Gasteiger partial charge on any atom is 0.154 e. The number of Topliss-reactive ketones (excluding diaryl/α,β-unsaturated/α-hetero) is 1. The minimum atomic E-state index is -0.194. The van der Waals surface area contributed by atoms with Crippen LogP contribution in [0, 0.1) is 4.91 Å². The predicted octanol–water partition coefficient (Wildman–Crippen LogP) is 0.342. The molecule has 0 aliphatic heterocycles. The third-order valence-corrected chi connectivity index (χ3v) is 0.287. The summed E-state index contributed by atoms with van der Waals surface area (Å²) in [6.07, 6.45) is 0. The molecule has 3 heteroatoms. The van der Waals surface area contributed by atoms with E-state index in [1.165, 1.54) is 6.92 Å². The average molecular weight is 87.1 g/mol. The van der Waals surface area contributed by atoms with Gasteiger partial charge in [0.1, 0.15) is 6.54 Å². The third-order valence-electron chi connectivity index (χ3n) is 0.287. The first kappa shape index (κ1) is 5.27. The van der Waals surface area contributed by atoms with E-state index in [4.69, 9.17) is 4.91 Å². The van der Waals surface area contributed by atoms with Crippen molar-refractivity contribution in [2.24, 2.45) is 5.18 Å². The molecule has 0 radical (unpaired) electrons. The van der Waals surface area contributed by atoms with Crippen LogP contribution >= 0.6 is 0 Å². The molecule has 3 nitrogen and oxygen atoms in total. The van der Waals surface area contributed by atoms with Crippen LogP contribution in [0.5, 0.6) is 0 Å². The summed E-state index contributed by atoms with van der Waals surface area (Å²) in [4.78, 5) is 18.9.